The van der Waals surface area contributed by atoms with Crippen molar-refractivity contribution in [3.05, 3.63) is 51.7 Å². The van der Waals surface area contributed by atoms with Crippen LogP contribution in [0.15, 0.2) is 29.2 Å². The van der Waals surface area contributed by atoms with Gasteiger partial charge in [-0.15, -0.1) is 0 Å². The van der Waals surface area contributed by atoms with E-state index in [0.717, 1.165) is 23.5 Å². The molecule has 1 aliphatic heterocycles. The quantitative estimate of drug-likeness (QED) is 0.875. The van der Waals surface area contributed by atoms with Gasteiger partial charge in [-0.25, -0.2) is 4.98 Å². The normalized spacial score (nSPS) is 16.0. The van der Waals surface area contributed by atoms with Crippen LogP contribution >= 0.6 is 0 Å². The lowest BCUT2D eigenvalue weighted by molar-refractivity contribution is 0.0937. The first-order chi connectivity index (χ1) is 11.6. The maximum Gasteiger partial charge on any atom is 0.263 e. The molecule has 0 radical (unpaired) electrons. The molecule has 2 N–H and O–H groups in total. The smallest absolute Gasteiger partial charge is 0.263 e. The number of hydrogen-bond acceptors (Lipinski definition) is 5. The molecule has 0 bridgehead atoms. The topological polar surface area (TPSA) is 93.3 Å². The summed E-state index contributed by atoms with van der Waals surface area (Å²) in [5.41, 5.74) is 0.663. The Kier molecular flexibility index (Phi) is 4.50. The lowest BCUT2D eigenvalue weighted by Crippen LogP contribution is -2.37. The molecule has 0 spiro atoms. The summed E-state index contributed by atoms with van der Waals surface area (Å²) in [6.07, 6.45) is 2.09. The van der Waals surface area contributed by atoms with Crippen molar-refractivity contribution in [1.29, 1.82) is 0 Å². The maximum absolute atomic E-state index is 12.1. The highest BCUT2D eigenvalue weighted by atomic mass is 16.5. The Morgan fingerprint density at radius 2 is 2.33 bits per heavy atom. The molecule has 1 aliphatic rings. The molecule has 7 nitrogen and oxygen atoms in total. The first-order valence-electron chi connectivity index (χ1n) is 7.70. The summed E-state index contributed by atoms with van der Waals surface area (Å²) in [7, 11) is 1.62. The zero-order valence-electron chi connectivity index (χ0n) is 13.6. The number of nitrogens with zero attached hydrogens (tertiary/aromatic N) is 1. The number of carbonyl (C=O) groups excluding carboxylic acids is 1. The van der Waals surface area contributed by atoms with E-state index >= 15 is 0 Å². The van der Waals surface area contributed by atoms with Crippen LogP contribution in [0.2, 0.25) is 0 Å². The number of methoxy groups -OCH3 is 1. The molecule has 1 aromatic carbocycles. The number of aromatic amines is 1. The molecule has 3 rings (SSSR count). The van der Waals surface area contributed by atoms with Gasteiger partial charge in [0.15, 0.2) is 0 Å². The van der Waals surface area contributed by atoms with Crippen molar-refractivity contribution in [2.45, 2.75) is 13.3 Å². The zero-order valence-corrected chi connectivity index (χ0v) is 13.6. The third-order valence-electron chi connectivity index (χ3n) is 3.98. The van der Waals surface area contributed by atoms with Crippen LogP contribution in [-0.2, 0) is 6.42 Å². The average molecular weight is 329 g/mol. The number of nitrogens with one attached hydrogen (secondary N) is 2. The fraction of sp³-hybridized carbons (Fsp3) is 0.353. The van der Waals surface area contributed by atoms with Crippen molar-refractivity contribution >= 4 is 5.91 Å². The van der Waals surface area contributed by atoms with Crippen LogP contribution < -0.4 is 20.3 Å². The van der Waals surface area contributed by atoms with Gasteiger partial charge < -0.3 is 19.8 Å². The monoisotopic (exact) mass is 329 g/mol. The van der Waals surface area contributed by atoms with Crippen LogP contribution in [-0.4, -0.2) is 36.1 Å². The highest BCUT2D eigenvalue weighted by Gasteiger charge is 2.21. The molecule has 2 heterocycles. The summed E-state index contributed by atoms with van der Waals surface area (Å²) < 4.78 is 10.9. The standard InChI is InChI=1S/C17H19N3O4/c1-10-18-8-14(17(22)20-10)16(21)19-7-11-5-12-3-4-13(23-2)6-15(12)24-9-11/h3-4,6,8,11H,5,7,9H2,1-2H3,(H,19,21)(H,18,20,22). The van der Waals surface area contributed by atoms with Crippen molar-refractivity contribution in [3.63, 3.8) is 0 Å². The van der Waals surface area contributed by atoms with E-state index in [1.165, 1.54) is 6.20 Å². The number of fused-ring (bicyclic) bond motifs is 1. The molecule has 0 aliphatic carbocycles. The lowest BCUT2D eigenvalue weighted by atomic mass is 9.96. The predicted octanol–water partition coefficient (Wildman–Crippen LogP) is 1.07. The van der Waals surface area contributed by atoms with Crippen molar-refractivity contribution in [2.24, 2.45) is 5.92 Å². The van der Waals surface area contributed by atoms with Gasteiger partial charge in [0, 0.05) is 24.7 Å². The summed E-state index contributed by atoms with van der Waals surface area (Å²) >= 11 is 0. The van der Waals surface area contributed by atoms with Gasteiger partial charge >= 0.3 is 0 Å². The molecule has 0 saturated carbocycles. The molecule has 1 amide bonds. The van der Waals surface area contributed by atoms with Crippen LogP contribution in [0.1, 0.15) is 21.7 Å². The molecule has 24 heavy (non-hydrogen) atoms. The van der Waals surface area contributed by atoms with Crippen molar-refractivity contribution in [1.82, 2.24) is 15.3 Å². The summed E-state index contributed by atoms with van der Waals surface area (Å²) in [6, 6.07) is 5.72. The van der Waals surface area contributed by atoms with Crippen LogP contribution in [0, 0.1) is 12.8 Å². The number of amides is 1. The van der Waals surface area contributed by atoms with Crippen molar-refractivity contribution in [3.8, 4) is 11.5 Å². The Balaban J connectivity index is 1.61. The van der Waals surface area contributed by atoms with E-state index in [1.807, 2.05) is 18.2 Å². The Morgan fingerprint density at radius 3 is 3.08 bits per heavy atom. The van der Waals surface area contributed by atoms with Crippen molar-refractivity contribution in [2.75, 3.05) is 20.3 Å². The Hall–Kier alpha value is -2.83. The van der Waals surface area contributed by atoms with E-state index in [4.69, 9.17) is 9.47 Å². The molecule has 1 aromatic heterocycles. The summed E-state index contributed by atoms with van der Waals surface area (Å²) in [5.74, 6) is 1.77. The third-order valence-corrected chi connectivity index (χ3v) is 3.98. The minimum absolute atomic E-state index is 0.0162. The number of carbonyl (C=O) groups is 1. The Bertz CT molecular complexity index is 816. The zero-order chi connectivity index (χ0) is 17.1. The highest BCUT2D eigenvalue weighted by Crippen LogP contribution is 2.30. The summed E-state index contributed by atoms with van der Waals surface area (Å²) in [4.78, 5) is 30.4. The Morgan fingerprint density at radius 1 is 1.50 bits per heavy atom. The van der Waals surface area contributed by atoms with Gasteiger partial charge in [-0.05, 0) is 25.0 Å². The molecular formula is C17H19N3O4. The van der Waals surface area contributed by atoms with Gasteiger partial charge in [0.05, 0.1) is 13.7 Å². The first-order valence-corrected chi connectivity index (χ1v) is 7.70. The highest BCUT2D eigenvalue weighted by molar-refractivity contribution is 5.93. The minimum Gasteiger partial charge on any atom is -0.497 e. The largest absolute Gasteiger partial charge is 0.497 e. The molecule has 7 heteroatoms. The molecule has 0 saturated heterocycles. The van der Waals surface area contributed by atoms with E-state index in [9.17, 15) is 9.59 Å². The molecule has 0 fully saturated rings. The lowest BCUT2D eigenvalue weighted by Gasteiger charge is -2.25. The number of rotatable bonds is 4. The molecule has 1 unspecified atom stereocenters. The minimum atomic E-state index is -0.433. The van der Waals surface area contributed by atoms with Crippen LogP contribution in [0.4, 0.5) is 0 Å². The molecular weight excluding hydrogens is 310 g/mol. The fourth-order valence-electron chi connectivity index (χ4n) is 2.65. The van der Waals surface area contributed by atoms with Gasteiger partial charge in [0.25, 0.3) is 11.5 Å². The van der Waals surface area contributed by atoms with E-state index in [-0.39, 0.29) is 11.5 Å². The second-order valence-electron chi connectivity index (χ2n) is 5.78. The van der Waals surface area contributed by atoms with E-state index in [0.29, 0.717) is 19.0 Å². The number of aromatic nitrogens is 2. The number of ether oxygens (including phenoxy) is 2. The van der Waals surface area contributed by atoms with E-state index in [2.05, 4.69) is 15.3 Å². The first kappa shape index (κ1) is 16.0. The van der Waals surface area contributed by atoms with Gasteiger partial charge in [0.2, 0.25) is 0 Å². The summed E-state index contributed by atoms with van der Waals surface area (Å²) in [5, 5.41) is 2.78. The fourth-order valence-corrected chi connectivity index (χ4v) is 2.65. The molecule has 2 aromatic rings. The Labute approximate surface area is 139 Å². The van der Waals surface area contributed by atoms with Crippen LogP contribution in [0.3, 0.4) is 0 Å². The van der Waals surface area contributed by atoms with E-state index in [1.54, 1.807) is 14.0 Å². The number of benzene rings is 1. The predicted molar refractivity (Wildman–Crippen MR) is 87.6 cm³/mol. The SMILES string of the molecule is COc1ccc2c(c1)OCC(CNC(=O)c1cnc(C)[nH]c1=O)C2. The van der Waals surface area contributed by atoms with E-state index < -0.39 is 11.5 Å². The average Bonchev–Trinajstić information content (AvgIpc) is 2.59. The number of aryl methyl sites for hydroxylation is 1. The number of hydrogen-bond donors (Lipinski definition) is 2. The molecule has 126 valence electrons. The molecule has 1 atom stereocenters. The van der Waals surface area contributed by atoms with Crippen molar-refractivity contribution < 1.29 is 14.3 Å². The van der Waals surface area contributed by atoms with Gasteiger partial charge in [-0.2, -0.15) is 0 Å². The van der Waals surface area contributed by atoms with Crippen LogP contribution in [0.5, 0.6) is 11.5 Å². The summed E-state index contributed by atoms with van der Waals surface area (Å²) in [6.45, 7) is 2.59. The van der Waals surface area contributed by atoms with Crippen LogP contribution in [0.25, 0.3) is 0 Å². The second-order valence-corrected chi connectivity index (χ2v) is 5.78. The van der Waals surface area contributed by atoms with Gasteiger partial charge in [-0.3, -0.25) is 9.59 Å². The maximum atomic E-state index is 12.1. The third kappa shape index (κ3) is 3.40. The second kappa shape index (κ2) is 6.74. The number of H-pyrrole nitrogens is 1. The van der Waals surface area contributed by atoms with Gasteiger partial charge in [0.1, 0.15) is 22.9 Å². The van der Waals surface area contributed by atoms with Gasteiger partial charge in [-0.1, -0.05) is 6.07 Å².